The molecule has 4 heteroatoms. The average molecular weight is 397 g/mol. The molecule has 2 aromatic rings. The zero-order chi connectivity index (χ0) is 20.5. The largest absolute Gasteiger partial charge is 0.366 e. The van der Waals surface area contributed by atoms with Gasteiger partial charge in [0, 0.05) is 22.8 Å². The third kappa shape index (κ3) is 3.93. The third-order valence-electron chi connectivity index (χ3n) is 5.53. The van der Waals surface area contributed by atoms with Crippen molar-refractivity contribution in [2.45, 2.75) is 52.0 Å². The second kappa shape index (κ2) is 7.97. The first-order valence-electron chi connectivity index (χ1n) is 9.75. The molecule has 0 fully saturated rings. The molecule has 0 spiro atoms. The molecule has 1 atom stereocenters. The van der Waals surface area contributed by atoms with Crippen molar-refractivity contribution in [3.63, 3.8) is 0 Å². The minimum absolute atomic E-state index is 0.0784. The average Bonchev–Trinajstić information content (AvgIpc) is 2.64. The number of benzene rings is 2. The zero-order valence-electron chi connectivity index (χ0n) is 16.9. The molecule has 2 nitrogen and oxygen atoms in total. The van der Waals surface area contributed by atoms with E-state index in [0.29, 0.717) is 22.1 Å². The van der Waals surface area contributed by atoms with Gasteiger partial charge in [0.1, 0.15) is 5.82 Å². The van der Waals surface area contributed by atoms with Gasteiger partial charge in [-0.3, -0.25) is 0 Å². The predicted octanol–water partition coefficient (Wildman–Crippen LogP) is 7.05. The Kier molecular flexibility index (Phi) is 5.82. The van der Waals surface area contributed by atoms with E-state index in [1.54, 1.807) is 18.2 Å². The van der Waals surface area contributed by atoms with Gasteiger partial charge in [-0.1, -0.05) is 37.6 Å². The molecule has 28 heavy (non-hydrogen) atoms. The van der Waals surface area contributed by atoms with E-state index >= 15 is 0 Å². The van der Waals surface area contributed by atoms with Crippen LogP contribution in [-0.2, 0) is 0 Å². The van der Waals surface area contributed by atoms with Crippen LogP contribution in [0, 0.1) is 17.1 Å². The normalized spacial score (nSPS) is 18.5. The van der Waals surface area contributed by atoms with Gasteiger partial charge in [-0.05, 0) is 79.6 Å². The lowest BCUT2D eigenvalue weighted by atomic mass is 9.79. The highest BCUT2D eigenvalue weighted by Gasteiger charge is 2.36. The van der Waals surface area contributed by atoms with Crippen LogP contribution in [0.5, 0.6) is 0 Å². The van der Waals surface area contributed by atoms with Crippen molar-refractivity contribution in [2.24, 2.45) is 0 Å². The van der Waals surface area contributed by atoms with Crippen LogP contribution in [0.15, 0.2) is 36.4 Å². The summed E-state index contributed by atoms with van der Waals surface area (Å²) in [6.07, 6.45) is 3.93. The number of anilines is 1. The maximum atomic E-state index is 13.2. The van der Waals surface area contributed by atoms with E-state index in [1.165, 1.54) is 23.4 Å². The van der Waals surface area contributed by atoms with E-state index < -0.39 is 0 Å². The van der Waals surface area contributed by atoms with Crippen LogP contribution in [0.3, 0.4) is 0 Å². The summed E-state index contributed by atoms with van der Waals surface area (Å²) in [4.78, 5) is 2.45. The van der Waals surface area contributed by atoms with Crippen LogP contribution in [0.25, 0.3) is 11.6 Å². The topological polar surface area (TPSA) is 27.0 Å². The van der Waals surface area contributed by atoms with E-state index in [1.807, 2.05) is 6.07 Å². The number of fused-ring (bicyclic) bond motifs is 1. The molecule has 146 valence electrons. The Morgan fingerprint density at radius 3 is 2.61 bits per heavy atom. The Hall–Kier alpha value is -2.31. The first kappa shape index (κ1) is 20.4. The summed E-state index contributed by atoms with van der Waals surface area (Å²) in [6, 6.07) is 12.3. The molecule has 1 unspecified atom stereocenters. The van der Waals surface area contributed by atoms with Crippen LogP contribution in [0.4, 0.5) is 10.1 Å². The molecule has 0 aromatic heterocycles. The Labute approximate surface area is 172 Å². The van der Waals surface area contributed by atoms with Gasteiger partial charge in [0.2, 0.25) is 0 Å². The predicted molar refractivity (Wildman–Crippen MR) is 116 cm³/mol. The standard InChI is InChI=1S/C24H26ClFN2/c1-5-10-28-23-13-22(25)18(12-21(23)16(2)14-24(28,3)4)11-19(15-27)17-6-8-20(26)9-7-17/h6-9,11-13,16H,5,10,14H2,1-4H3/b19-11+. The lowest BCUT2D eigenvalue weighted by Gasteiger charge is -2.47. The molecular weight excluding hydrogens is 371 g/mol. The molecule has 0 bridgehead atoms. The van der Waals surface area contributed by atoms with Crippen molar-refractivity contribution < 1.29 is 4.39 Å². The molecule has 0 saturated carbocycles. The number of hydrogen-bond acceptors (Lipinski definition) is 2. The SMILES string of the molecule is CCCN1c2cc(Cl)c(/C=C(\C#N)c3ccc(F)cc3)cc2C(C)CC1(C)C. The van der Waals surface area contributed by atoms with E-state index in [-0.39, 0.29) is 11.4 Å². The van der Waals surface area contributed by atoms with Crippen molar-refractivity contribution in [1.82, 2.24) is 0 Å². The van der Waals surface area contributed by atoms with E-state index in [2.05, 4.69) is 44.7 Å². The Balaban J connectivity index is 2.09. The van der Waals surface area contributed by atoms with E-state index in [9.17, 15) is 9.65 Å². The fourth-order valence-electron chi connectivity index (χ4n) is 4.24. The monoisotopic (exact) mass is 396 g/mol. The molecule has 0 amide bonds. The van der Waals surface area contributed by atoms with Gasteiger partial charge in [0.05, 0.1) is 11.6 Å². The minimum atomic E-state index is -0.319. The van der Waals surface area contributed by atoms with Crippen LogP contribution in [0.2, 0.25) is 5.02 Å². The molecule has 1 aliphatic rings. The fourth-order valence-corrected chi connectivity index (χ4v) is 4.46. The maximum absolute atomic E-state index is 13.2. The second-order valence-electron chi connectivity index (χ2n) is 8.18. The van der Waals surface area contributed by atoms with Crippen molar-refractivity contribution in [3.8, 4) is 6.07 Å². The van der Waals surface area contributed by atoms with Crippen LogP contribution in [-0.4, -0.2) is 12.1 Å². The zero-order valence-corrected chi connectivity index (χ0v) is 17.6. The Bertz CT molecular complexity index is 938. The van der Waals surface area contributed by atoms with Gasteiger partial charge in [-0.25, -0.2) is 4.39 Å². The number of nitriles is 1. The van der Waals surface area contributed by atoms with E-state index in [0.717, 1.165) is 24.9 Å². The Morgan fingerprint density at radius 1 is 1.32 bits per heavy atom. The minimum Gasteiger partial charge on any atom is -0.366 e. The summed E-state index contributed by atoms with van der Waals surface area (Å²) in [6.45, 7) is 9.99. The first-order valence-corrected chi connectivity index (χ1v) is 10.1. The molecule has 0 N–H and O–H groups in total. The summed E-state index contributed by atoms with van der Waals surface area (Å²) < 4.78 is 13.2. The maximum Gasteiger partial charge on any atom is 0.123 e. The summed E-state index contributed by atoms with van der Waals surface area (Å²) in [5.41, 5.74) is 4.50. The highest BCUT2D eigenvalue weighted by molar-refractivity contribution is 6.32. The summed E-state index contributed by atoms with van der Waals surface area (Å²) >= 11 is 6.64. The van der Waals surface area contributed by atoms with Gasteiger partial charge >= 0.3 is 0 Å². The highest BCUT2D eigenvalue weighted by Crippen LogP contribution is 2.45. The fraction of sp³-hybridized carbons (Fsp3) is 0.375. The number of hydrogen-bond donors (Lipinski definition) is 0. The number of halogens is 2. The van der Waals surface area contributed by atoms with Gasteiger partial charge in [0.25, 0.3) is 0 Å². The van der Waals surface area contributed by atoms with Gasteiger partial charge in [-0.2, -0.15) is 5.26 Å². The summed E-state index contributed by atoms with van der Waals surface area (Å²) in [7, 11) is 0. The first-order chi connectivity index (χ1) is 13.3. The molecule has 0 saturated heterocycles. The van der Waals surface area contributed by atoms with Crippen molar-refractivity contribution >= 4 is 28.9 Å². The van der Waals surface area contributed by atoms with Crippen molar-refractivity contribution in [2.75, 3.05) is 11.4 Å². The van der Waals surface area contributed by atoms with Crippen LogP contribution < -0.4 is 4.90 Å². The molecule has 0 aliphatic carbocycles. The molecule has 0 radical (unpaired) electrons. The van der Waals surface area contributed by atoms with Gasteiger partial charge < -0.3 is 4.90 Å². The Morgan fingerprint density at radius 2 is 2.00 bits per heavy atom. The van der Waals surface area contributed by atoms with Crippen molar-refractivity contribution in [3.05, 3.63) is 63.9 Å². The van der Waals surface area contributed by atoms with Crippen molar-refractivity contribution in [1.29, 1.82) is 5.26 Å². The molecule has 3 rings (SSSR count). The van der Waals surface area contributed by atoms with Gasteiger partial charge in [-0.15, -0.1) is 0 Å². The lowest BCUT2D eigenvalue weighted by Crippen LogP contribution is -2.48. The van der Waals surface area contributed by atoms with E-state index in [4.69, 9.17) is 11.6 Å². The second-order valence-corrected chi connectivity index (χ2v) is 8.59. The lowest BCUT2D eigenvalue weighted by molar-refractivity contribution is 0.376. The number of rotatable bonds is 4. The van der Waals surface area contributed by atoms with Crippen LogP contribution in [0.1, 0.15) is 63.1 Å². The number of allylic oxidation sites excluding steroid dienone is 1. The smallest absolute Gasteiger partial charge is 0.123 e. The molecular formula is C24H26ClFN2. The molecule has 1 heterocycles. The summed E-state index contributed by atoms with van der Waals surface area (Å²) in [5, 5.41) is 10.2. The van der Waals surface area contributed by atoms with Gasteiger partial charge in [0.15, 0.2) is 0 Å². The molecule has 1 aliphatic heterocycles. The quantitative estimate of drug-likeness (QED) is 0.409. The highest BCUT2D eigenvalue weighted by atomic mass is 35.5. The van der Waals surface area contributed by atoms with Crippen LogP contribution >= 0.6 is 11.6 Å². The third-order valence-corrected chi connectivity index (χ3v) is 5.85. The molecule has 2 aromatic carbocycles. The summed E-state index contributed by atoms with van der Waals surface area (Å²) in [5.74, 6) is 0.0826. The number of nitrogens with zero attached hydrogens (tertiary/aromatic N) is 2.